The zero-order valence-corrected chi connectivity index (χ0v) is 16.3. The normalized spacial score (nSPS) is 17.2. The van der Waals surface area contributed by atoms with Crippen LogP contribution in [0.25, 0.3) is 10.6 Å². The van der Waals surface area contributed by atoms with Gasteiger partial charge in [0, 0.05) is 33.4 Å². The number of hydrogen-bond donors (Lipinski definition) is 1. The quantitative estimate of drug-likeness (QED) is 0.386. The second kappa shape index (κ2) is 8.89. The number of nitrogens with one attached hydrogen (secondary N) is 1. The minimum absolute atomic E-state index is 0. The third-order valence-corrected chi connectivity index (χ3v) is 5.70. The molecule has 2 aromatic rings. The lowest BCUT2D eigenvalue weighted by Gasteiger charge is -2.06. The highest BCUT2D eigenvalue weighted by molar-refractivity contribution is 7.12. The van der Waals surface area contributed by atoms with E-state index in [1.54, 1.807) is 18.4 Å². The van der Waals surface area contributed by atoms with Gasteiger partial charge in [-0.1, -0.05) is 61.3 Å². The first-order valence-corrected chi connectivity index (χ1v) is 9.90. The summed E-state index contributed by atoms with van der Waals surface area (Å²) in [7, 11) is 3.70. The Morgan fingerprint density at radius 3 is 2.54 bits per heavy atom. The minimum Gasteiger partial charge on any atom is -0.270 e. The summed E-state index contributed by atoms with van der Waals surface area (Å²) in [6.07, 6.45) is 7.67. The third-order valence-electron chi connectivity index (χ3n) is 4.64. The fourth-order valence-electron chi connectivity index (χ4n) is 3.21. The van der Waals surface area contributed by atoms with Gasteiger partial charge in [0.2, 0.25) is 4.80 Å². The van der Waals surface area contributed by atoms with Crippen LogP contribution in [0.5, 0.6) is 0 Å². The topological polar surface area (TPSA) is 66.9 Å². The van der Waals surface area contributed by atoms with Crippen molar-refractivity contribution < 1.29 is 1.43 Å². The summed E-state index contributed by atoms with van der Waals surface area (Å²) in [5, 5.41) is 9.33. The van der Waals surface area contributed by atoms with Crippen molar-refractivity contribution in [1.82, 2.24) is 15.2 Å². The van der Waals surface area contributed by atoms with Crippen LogP contribution in [0.15, 0.2) is 39.4 Å². The molecule has 0 saturated heterocycles. The first kappa shape index (κ1) is 18.5. The third kappa shape index (κ3) is 4.46. The molecule has 0 unspecified atom stereocenters. The molecular formula is C19H28N6S. The molecule has 0 aliphatic heterocycles. The predicted octanol–water partition coefficient (Wildman–Crippen LogP) is 3.60. The molecule has 1 aliphatic rings. The van der Waals surface area contributed by atoms with E-state index < -0.39 is 0 Å². The Kier molecular flexibility index (Phi) is 6.33. The predicted molar refractivity (Wildman–Crippen MR) is 111 cm³/mol. The van der Waals surface area contributed by atoms with Gasteiger partial charge in [-0.2, -0.15) is 10.2 Å². The number of hydrazone groups is 1. The highest BCUT2D eigenvalue weighted by Crippen LogP contribution is 2.22. The van der Waals surface area contributed by atoms with Crippen molar-refractivity contribution in [2.24, 2.45) is 22.1 Å². The molecule has 3 rings (SSSR count). The van der Waals surface area contributed by atoms with Gasteiger partial charge in [-0.3, -0.25) is 15.4 Å². The highest BCUT2D eigenvalue weighted by atomic mass is 32.1. The van der Waals surface area contributed by atoms with Gasteiger partial charge in [0.25, 0.3) is 0 Å². The van der Waals surface area contributed by atoms with E-state index in [1.807, 2.05) is 23.9 Å². The molecule has 7 heteroatoms. The van der Waals surface area contributed by atoms with Gasteiger partial charge in [-0.05, 0) is 12.8 Å². The van der Waals surface area contributed by atoms with Gasteiger partial charge >= 0.3 is 0 Å². The summed E-state index contributed by atoms with van der Waals surface area (Å²) < 4.78 is 1.90. The molecule has 0 amide bonds. The van der Waals surface area contributed by atoms with Crippen LogP contribution < -0.4 is 10.2 Å². The van der Waals surface area contributed by atoms with Gasteiger partial charge in [0.1, 0.15) is 10.8 Å². The Labute approximate surface area is 159 Å². The number of benzene rings is 1. The first-order chi connectivity index (χ1) is 12.7. The van der Waals surface area contributed by atoms with E-state index in [0.29, 0.717) is 11.9 Å². The molecule has 6 nitrogen and oxygen atoms in total. The van der Waals surface area contributed by atoms with Crippen LogP contribution in [0.1, 0.15) is 45.5 Å². The fourth-order valence-corrected chi connectivity index (χ4v) is 4.18. The van der Waals surface area contributed by atoms with Crippen molar-refractivity contribution in [2.45, 2.75) is 44.6 Å². The van der Waals surface area contributed by atoms with Gasteiger partial charge in [0.15, 0.2) is 0 Å². The maximum atomic E-state index is 4.98. The van der Waals surface area contributed by atoms with E-state index in [1.165, 1.54) is 38.5 Å². The Balaban J connectivity index is 0.00000261. The lowest BCUT2D eigenvalue weighted by atomic mass is 10.1. The van der Waals surface area contributed by atoms with E-state index in [-0.39, 0.29) is 1.43 Å². The SMILES string of the molecule is C=NNC(=NC)c1ccc(-c2nn(C)c(=NC3CCCCCC3)s2)cc1.[HH]. The van der Waals surface area contributed by atoms with Gasteiger partial charge in [0.05, 0.1) is 6.04 Å². The van der Waals surface area contributed by atoms with Crippen LogP contribution in [-0.2, 0) is 7.05 Å². The fraction of sp³-hybridized carbons (Fsp3) is 0.474. The number of aryl methyl sites for hydroxylation is 1. The van der Waals surface area contributed by atoms with E-state index in [4.69, 9.17) is 4.99 Å². The molecule has 26 heavy (non-hydrogen) atoms. The van der Waals surface area contributed by atoms with Crippen LogP contribution in [0.2, 0.25) is 0 Å². The average molecular weight is 373 g/mol. The van der Waals surface area contributed by atoms with Gasteiger partial charge in [-0.25, -0.2) is 4.68 Å². The highest BCUT2D eigenvalue weighted by Gasteiger charge is 2.12. The summed E-state index contributed by atoms with van der Waals surface area (Å²) in [6, 6.07) is 8.58. The molecule has 0 radical (unpaired) electrons. The Hall–Kier alpha value is -2.28. The van der Waals surface area contributed by atoms with E-state index in [2.05, 4.69) is 39.5 Å². The van der Waals surface area contributed by atoms with Crippen molar-refractivity contribution in [3.8, 4) is 10.6 Å². The molecule has 140 valence electrons. The number of nitrogens with zero attached hydrogens (tertiary/aromatic N) is 5. The smallest absolute Gasteiger partial charge is 0.203 e. The van der Waals surface area contributed by atoms with E-state index in [0.717, 1.165) is 20.9 Å². The zero-order chi connectivity index (χ0) is 18.4. The molecule has 1 N–H and O–H groups in total. The monoisotopic (exact) mass is 372 g/mol. The van der Waals surface area contributed by atoms with Gasteiger partial charge < -0.3 is 0 Å². The Morgan fingerprint density at radius 1 is 1.23 bits per heavy atom. The maximum absolute atomic E-state index is 4.98. The van der Waals surface area contributed by atoms with Gasteiger partial charge in [-0.15, -0.1) is 0 Å². The second-order valence-corrected chi connectivity index (χ2v) is 7.46. The number of aliphatic imine (C=N–C) groups is 1. The number of aromatic nitrogens is 2. The Bertz CT molecular complexity index is 829. The standard InChI is InChI=1S/C19H26N6S.H2/c1-20-17(23-21-2)14-10-12-15(13-11-14)18-24-25(3)19(26-18)22-16-8-6-4-5-7-9-16;/h10-13,16H,2,4-9H2,1,3H3,(H,20,23);1H. The van der Waals surface area contributed by atoms with E-state index >= 15 is 0 Å². The van der Waals surface area contributed by atoms with Crippen molar-refractivity contribution in [1.29, 1.82) is 0 Å². The van der Waals surface area contributed by atoms with Crippen LogP contribution in [0.4, 0.5) is 0 Å². The minimum atomic E-state index is 0. The van der Waals surface area contributed by atoms with Crippen LogP contribution in [0.3, 0.4) is 0 Å². The molecular weight excluding hydrogens is 344 g/mol. The van der Waals surface area contributed by atoms with Crippen LogP contribution >= 0.6 is 11.3 Å². The molecule has 1 aromatic heterocycles. The lowest BCUT2D eigenvalue weighted by molar-refractivity contribution is 0.561. The van der Waals surface area contributed by atoms with E-state index in [9.17, 15) is 0 Å². The van der Waals surface area contributed by atoms with Crippen LogP contribution in [0, 0.1) is 0 Å². The summed E-state index contributed by atoms with van der Waals surface area (Å²) in [6.45, 7) is 3.44. The molecule has 1 saturated carbocycles. The Morgan fingerprint density at radius 2 is 1.92 bits per heavy atom. The first-order valence-electron chi connectivity index (χ1n) is 9.08. The van der Waals surface area contributed by atoms with Crippen molar-refractivity contribution in [3.05, 3.63) is 34.6 Å². The lowest BCUT2D eigenvalue weighted by Crippen LogP contribution is -2.18. The largest absolute Gasteiger partial charge is 0.270 e. The molecule has 0 bridgehead atoms. The van der Waals surface area contributed by atoms with Crippen molar-refractivity contribution in [2.75, 3.05) is 7.05 Å². The number of hydrogen-bond acceptors (Lipinski definition) is 5. The second-order valence-electron chi connectivity index (χ2n) is 6.51. The summed E-state index contributed by atoms with van der Waals surface area (Å²) in [5.41, 5.74) is 4.85. The van der Waals surface area contributed by atoms with Crippen LogP contribution in [-0.4, -0.2) is 35.4 Å². The number of rotatable bonds is 4. The van der Waals surface area contributed by atoms with Crippen molar-refractivity contribution >= 4 is 23.9 Å². The molecule has 1 fully saturated rings. The summed E-state index contributed by atoms with van der Waals surface area (Å²) >= 11 is 1.65. The molecule has 1 heterocycles. The van der Waals surface area contributed by atoms with Crippen molar-refractivity contribution in [3.63, 3.8) is 0 Å². The molecule has 1 aliphatic carbocycles. The zero-order valence-electron chi connectivity index (χ0n) is 15.5. The number of amidine groups is 1. The molecule has 0 spiro atoms. The molecule has 0 atom stereocenters. The summed E-state index contributed by atoms with van der Waals surface area (Å²) in [5.74, 6) is 0.695. The summed E-state index contributed by atoms with van der Waals surface area (Å²) in [4.78, 5) is 10.2. The maximum Gasteiger partial charge on any atom is 0.203 e. The average Bonchev–Trinajstić information content (AvgIpc) is 2.85. The molecule has 1 aromatic carbocycles.